The maximum Gasteiger partial charge on any atom is 0.188 e. The molecule has 0 bridgehead atoms. The van der Waals surface area contributed by atoms with Crippen molar-refractivity contribution < 1.29 is 9.84 Å². The second-order valence-electron chi connectivity index (χ2n) is 4.54. The summed E-state index contributed by atoms with van der Waals surface area (Å²) in [5, 5.41) is 11.0. The Morgan fingerprint density at radius 3 is 2.86 bits per heavy atom. The van der Waals surface area contributed by atoms with Crippen molar-refractivity contribution >= 4 is 0 Å². The number of fused-ring (bicyclic) bond motifs is 1. The van der Waals surface area contributed by atoms with Crippen molar-refractivity contribution in [2.75, 3.05) is 0 Å². The Kier molecular flexibility index (Phi) is 3.24. The molecule has 0 aromatic rings. The second kappa shape index (κ2) is 4.45. The summed E-state index contributed by atoms with van der Waals surface area (Å²) in [6.45, 7) is 1.60. The van der Waals surface area contributed by atoms with Crippen LogP contribution in [0.5, 0.6) is 0 Å². The van der Waals surface area contributed by atoms with Gasteiger partial charge in [0.15, 0.2) is 6.29 Å². The van der Waals surface area contributed by atoms with Crippen molar-refractivity contribution in [2.45, 2.75) is 51.4 Å². The van der Waals surface area contributed by atoms with Crippen LogP contribution in [0.1, 0.15) is 39.0 Å². The van der Waals surface area contributed by atoms with E-state index < -0.39 is 6.29 Å². The first-order valence-corrected chi connectivity index (χ1v) is 5.73. The van der Waals surface area contributed by atoms with Gasteiger partial charge in [0.25, 0.3) is 0 Å². The van der Waals surface area contributed by atoms with Gasteiger partial charge in [0.2, 0.25) is 0 Å². The zero-order chi connectivity index (χ0) is 9.97. The molecule has 1 saturated carbocycles. The molecule has 0 aromatic carbocycles. The molecule has 1 radical (unpaired) electrons. The third-order valence-electron chi connectivity index (χ3n) is 3.53. The molecule has 0 spiro atoms. The van der Waals surface area contributed by atoms with Crippen LogP contribution in [0.15, 0.2) is 12.2 Å². The summed E-state index contributed by atoms with van der Waals surface area (Å²) >= 11 is 0. The Morgan fingerprint density at radius 2 is 2.07 bits per heavy atom. The molecule has 0 saturated heterocycles. The van der Waals surface area contributed by atoms with Gasteiger partial charge in [0, 0.05) is 0 Å². The van der Waals surface area contributed by atoms with Crippen molar-refractivity contribution in [3.05, 3.63) is 12.2 Å². The first kappa shape index (κ1) is 10.2. The van der Waals surface area contributed by atoms with E-state index in [0.717, 1.165) is 18.8 Å². The van der Waals surface area contributed by atoms with Crippen LogP contribution in [-0.4, -0.2) is 12.4 Å². The van der Waals surface area contributed by atoms with Gasteiger partial charge < -0.3 is 4.74 Å². The van der Waals surface area contributed by atoms with Crippen molar-refractivity contribution in [3.8, 4) is 0 Å². The first-order valence-electron chi connectivity index (χ1n) is 5.73. The molecule has 4 unspecified atom stereocenters. The van der Waals surface area contributed by atoms with Crippen molar-refractivity contribution in [1.29, 1.82) is 0 Å². The summed E-state index contributed by atoms with van der Waals surface area (Å²) < 4.78 is 5.47. The Morgan fingerprint density at radius 1 is 1.29 bits per heavy atom. The number of hydrogen-bond acceptors (Lipinski definition) is 1. The molecule has 2 heteroatoms. The van der Waals surface area contributed by atoms with Gasteiger partial charge in [0.05, 0.1) is 6.10 Å². The minimum Gasteiger partial charge on any atom is -0.346 e. The van der Waals surface area contributed by atoms with Gasteiger partial charge in [-0.05, 0) is 44.4 Å². The van der Waals surface area contributed by atoms with E-state index in [1.165, 1.54) is 19.3 Å². The maximum absolute atomic E-state index is 11.0. The van der Waals surface area contributed by atoms with Crippen LogP contribution < -0.4 is 0 Å². The van der Waals surface area contributed by atoms with Gasteiger partial charge in [-0.1, -0.05) is 18.6 Å². The van der Waals surface area contributed by atoms with Crippen LogP contribution in [-0.2, 0) is 9.84 Å². The number of rotatable bonds is 2. The standard InChI is InChI=1S/C12H19O2/c1-9(13)14-12-8-4-6-10-5-2-3-7-11(10)12/h2-3,9-12H,4-8H2,1H3. The van der Waals surface area contributed by atoms with Gasteiger partial charge >= 0.3 is 0 Å². The average molecular weight is 195 g/mol. The van der Waals surface area contributed by atoms with E-state index in [9.17, 15) is 5.11 Å². The monoisotopic (exact) mass is 195 g/mol. The minimum absolute atomic E-state index is 0.228. The fourth-order valence-corrected chi connectivity index (χ4v) is 2.89. The molecule has 2 aliphatic carbocycles. The van der Waals surface area contributed by atoms with Crippen molar-refractivity contribution in [3.63, 3.8) is 0 Å². The van der Waals surface area contributed by atoms with E-state index >= 15 is 0 Å². The number of hydrogen-bond donors (Lipinski definition) is 0. The Labute approximate surface area is 86.0 Å². The summed E-state index contributed by atoms with van der Waals surface area (Å²) in [4.78, 5) is 0. The lowest BCUT2D eigenvalue weighted by Crippen LogP contribution is -2.36. The third kappa shape index (κ3) is 2.18. The Hall–Kier alpha value is -0.340. The summed E-state index contributed by atoms with van der Waals surface area (Å²) in [5.74, 6) is 1.39. The van der Waals surface area contributed by atoms with Gasteiger partial charge in [-0.15, -0.1) is 0 Å². The predicted octanol–water partition coefficient (Wildman–Crippen LogP) is 2.91. The summed E-state index contributed by atoms with van der Waals surface area (Å²) in [7, 11) is 0. The van der Waals surface area contributed by atoms with E-state index in [2.05, 4.69) is 12.2 Å². The van der Waals surface area contributed by atoms with Crippen LogP contribution in [0, 0.1) is 11.8 Å². The number of ether oxygens (including phenoxy) is 1. The van der Waals surface area contributed by atoms with E-state index in [4.69, 9.17) is 4.74 Å². The zero-order valence-corrected chi connectivity index (χ0v) is 8.82. The van der Waals surface area contributed by atoms with Crippen molar-refractivity contribution in [2.24, 2.45) is 11.8 Å². The lowest BCUT2D eigenvalue weighted by molar-refractivity contribution is -0.184. The van der Waals surface area contributed by atoms with E-state index in [-0.39, 0.29) is 6.10 Å². The van der Waals surface area contributed by atoms with Crippen LogP contribution in [0.4, 0.5) is 0 Å². The average Bonchev–Trinajstić information content (AvgIpc) is 2.18. The highest BCUT2D eigenvalue weighted by Gasteiger charge is 2.34. The molecule has 0 N–H and O–H groups in total. The summed E-state index contributed by atoms with van der Waals surface area (Å²) in [6, 6.07) is 0. The SMILES string of the molecule is CC([O])OC1CCCC2CC=CCC21. The van der Waals surface area contributed by atoms with E-state index in [0.29, 0.717) is 5.92 Å². The van der Waals surface area contributed by atoms with Gasteiger partial charge in [0.1, 0.15) is 0 Å². The molecule has 0 amide bonds. The molecule has 2 aliphatic rings. The Balaban J connectivity index is 1.98. The van der Waals surface area contributed by atoms with Gasteiger partial charge in [-0.2, -0.15) is 0 Å². The largest absolute Gasteiger partial charge is 0.346 e. The fourth-order valence-electron chi connectivity index (χ4n) is 2.89. The smallest absolute Gasteiger partial charge is 0.188 e. The molecule has 2 nitrogen and oxygen atoms in total. The lowest BCUT2D eigenvalue weighted by atomic mass is 9.72. The quantitative estimate of drug-likeness (QED) is 0.492. The van der Waals surface area contributed by atoms with Gasteiger partial charge in [-0.25, -0.2) is 5.11 Å². The molecule has 0 aliphatic heterocycles. The highest BCUT2D eigenvalue weighted by Crippen LogP contribution is 2.39. The first-order chi connectivity index (χ1) is 6.77. The molecule has 14 heavy (non-hydrogen) atoms. The molecular formula is C12H19O2. The summed E-state index contributed by atoms with van der Waals surface area (Å²) in [5.41, 5.74) is 0. The molecule has 0 heterocycles. The van der Waals surface area contributed by atoms with E-state index in [1.54, 1.807) is 6.92 Å². The number of allylic oxidation sites excluding steroid dienone is 2. The molecule has 1 fully saturated rings. The normalized spacial score (nSPS) is 39.1. The van der Waals surface area contributed by atoms with Crippen LogP contribution >= 0.6 is 0 Å². The minimum atomic E-state index is -0.857. The van der Waals surface area contributed by atoms with Crippen molar-refractivity contribution in [1.82, 2.24) is 0 Å². The third-order valence-corrected chi connectivity index (χ3v) is 3.53. The second-order valence-corrected chi connectivity index (χ2v) is 4.54. The molecule has 0 aromatic heterocycles. The topological polar surface area (TPSA) is 29.1 Å². The highest BCUT2D eigenvalue weighted by atomic mass is 16.6. The molecule has 4 atom stereocenters. The van der Waals surface area contributed by atoms with E-state index in [1.807, 2.05) is 0 Å². The molecular weight excluding hydrogens is 176 g/mol. The summed E-state index contributed by atoms with van der Waals surface area (Å²) in [6.07, 6.45) is 9.84. The van der Waals surface area contributed by atoms with Gasteiger partial charge in [-0.3, -0.25) is 0 Å². The van der Waals surface area contributed by atoms with Crippen LogP contribution in [0.3, 0.4) is 0 Å². The predicted molar refractivity (Wildman–Crippen MR) is 54.2 cm³/mol. The Bertz CT molecular complexity index is 210. The van der Waals surface area contributed by atoms with Crippen LogP contribution in [0.25, 0.3) is 0 Å². The lowest BCUT2D eigenvalue weighted by Gasteiger charge is -2.39. The molecule has 2 rings (SSSR count). The highest BCUT2D eigenvalue weighted by molar-refractivity contribution is 4.98. The maximum atomic E-state index is 11.0. The van der Waals surface area contributed by atoms with Crippen LogP contribution in [0.2, 0.25) is 0 Å². The zero-order valence-electron chi connectivity index (χ0n) is 8.82. The fraction of sp³-hybridized carbons (Fsp3) is 0.833. The molecule has 79 valence electrons.